The van der Waals surface area contributed by atoms with Gasteiger partial charge in [-0.3, -0.25) is 13.9 Å². The van der Waals surface area contributed by atoms with E-state index in [1.165, 1.54) is 4.31 Å². The van der Waals surface area contributed by atoms with E-state index in [2.05, 4.69) is 5.32 Å². The van der Waals surface area contributed by atoms with Crippen LogP contribution >= 0.6 is 0 Å². The summed E-state index contributed by atoms with van der Waals surface area (Å²) in [4.78, 5) is 28.6. The molecule has 7 nitrogen and oxygen atoms in total. The molecule has 0 fully saturated rings. The van der Waals surface area contributed by atoms with Crippen molar-refractivity contribution in [3.8, 4) is 0 Å². The third-order valence-electron chi connectivity index (χ3n) is 7.02. The SMILES string of the molecule is CC[C@H](C)NC(=O)[C@H](CC)N(Cc1ccccc1)C(=O)CCCN1c2cccc3cccc(c23)S1(=O)=O. The molecule has 8 heteroatoms. The van der Waals surface area contributed by atoms with Crippen LogP contribution in [0.2, 0.25) is 0 Å². The van der Waals surface area contributed by atoms with E-state index in [0.717, 1.165) is 22.8 Å². The number of amides is 2. The molecule has 4 rings (SSSR count). The molecular formula is C29H35N3O4S. The zero-order chi connectivity index (χ0) is 26.6. The highest BCUT2D eigenvalue weighted by atomic mass is 32.2. The van der Waals surface area contributed by atoms with E-state index >= 15 is 0 Å². The van der Waals surface area contributed by atoms with Crippen molar-refractivity contribution in [2.45, 2.75) is 70.0 Å². The minimum atomic E-state index is -3.67. The Morgan fingerprint density at radius 3 is 2.32 bits per heavy atom. The van der Waals surface area contributed by atoms with Gasteiger partial charge in [0, 0.05) is 30.9 Å². The number of benzene rings is 3. The van der Waals surface area contributed by atoms with Gasteiger partial charge in [0.15, 0.2) is 0 Å². The molecule has 1 N–H and O–H groups in total. The van der Waals surface area contributed by atoms with E-state index in [0.29, 0.717) is 30.0 Å². The Hall–Kier alpha value is -3.39. The van der Waals surface area contributed by atoms with E-state index in [9.17, 15) is 18.0 Å². The molecule has 1 aliphatic heterocycles. The van der Waals surface area contributed by atoms with Crippen LogP contribution in [0.3, 0.4) is 0 Å². The van der Waals surface area contributed by atoms with Crippen LogP contribution in [0.25, 0.3) is 10.8 Å². The second-order valence-corrected chi connectivity index (χ2v) is 11.4. The predicted octanol–water partition coefficient (Wildman–Crippen LogP) is 4.85. The van der Waals surface area contributed by atoms with Crippen LogP contribution in [0.5, 0.6) is 0 Å². The Kier molecular flexibility index (Phi) is 8.17. The second-order valence-electron chi connectivity index (χ2n) is 9.56. The van der Waals surface area contributed by atoms with Crippen LogP contribution in [-0.4, -0.2) is 43.8 Å². The molecule has 37 heavy (non-hydrogen) atoms. The van der Waals surface area contributed by atoms with Gasteiger partial charge in [0.1, 0.15) is 6.04 Å². The van der Waals surface area contributed by atoms with Crippen molar-refractivity contribution in [1.82, 2.24) is 10.2 Å². The molecule has 196 valence electrons. The molecule has 1 aliphatic rings. The molecule has 0 aliphatic carbocycles. The fourth-order valence-corrected chi connectivity index (χ4v) is 6.61. The fraction of sp³-hybridized carbons (Fsp3) is 0.379. The van der Waals surface area contributed by atoms with Crippen molar-refractivity contribution in [2.75, 3.05) is 10.8 Å². The highest BCUT2D eigenvalue weighted by Crippen LogP contribution is 2.42. The van der Waals surface area contributed by atoms with Gasteiger partial charge in [-0.2, -0.15) is 0 Å². The number of hydrogen-bond acceptors (Lipinski definition) is 4. The maximum atomic E-state index is 13.5. The lowest BCUT2D eigenvalue weighted by Crippen LogP contribution is -2.50. The number of carbonyl (C=O) groups excluding carboxylic acids is 2. The number of hydrogen-bond donors (Lipinski definition) is 1. The Balaban J connectivity index is 1.51. The smallest absolute Gasteiger partial charge is 0.265 e. The van der Waals surface area contributed by atoms with Crippen molar-refractivity contribution in [3.63, 3.8) is 0 Å². The normalized spacial score (nSPS) is 15.4. The van der Waals surface area contributed by atoms with Gasteiger partial charge in [-0.05, 0) is 49.3 Å². The molecule has 0 radical (unpaired) electrons. The molecule has 3 aromatic carbocycles. The fourth-order valence-electron chi connectivity index (χ4n) is 4.86. The Labute approximate surface area is 219 Å². The predicted molar refractivity (Wildman–Crippen MR) is 147 cm³/mol. The maximum absolute atomic E-state index is 13.5. The van der Waals surface area contributed by atoms with E-state index in [1.807, 2.05) is 75.4 Å². The molecule has 0 saturated heterocycles. The first kappa shape index (κ1) is 26.7. The molecule has 2 atom stereocenters. The summed E-state index contributed by atoms with van der Waals surface area (Å²) in [6, 6.07) is 19.9. The Morgan fingerprint density at radius 2 is 1.65 bits per heavy atom. The minimum absolute atomic E-state index is 0.0138. The second kappa shape index (κ2) is 11.3. The lowest BCUT2D eigenvalue weighted by Gasteiger charge is -2.31. The zero-order valence-corrected chi connectivity index (χ0v) is 22.5. The summed E-state index contributed by atoms with van der Waals surface area (Å²) < 4.78 is 27.9. The third-order valence-corrected chi connectivity index (χ3v) is 8.87. The van der Waals surface area contributed by atoms with Gasteiger partial charge < -0.3 is 10.2 Å². The number of nitrogens with one attached hydrogen (secondary N) is 1. The van der Waals surface area contributed by atoms with Gasteiger partial charge in [-0.1, -0.05) is 68.4 Å². The number of anilines is 1. The van der Waals surface area contributed by atoms with Gasteiger partial charge in [-0.15, -0.1) is 0 Å². The third kappa shape index (κ3) is 5.49. The van der Waals surface area contributed by atoms with Crippen LogP contribution in [0.15, 0.2) is 71.6 Å². The van der Waals surface area contributed by atoms with Crippen molar-refractivity contribution in [2.24, 2.45) is 0 Å². The van der Waals surface area contributed by atoms with Crippen LogP contribution in [0, 0.1) is 0 Å². The number of carbonyl (C=O) groups is 2. The largest absolute Gasteiger partial charge is 0.352 e. The first-order valence-corrected chi connectivity index (χ1v) is 14.4. The average molecular weight is 522 g/mol. The molecule has 3 aromatic rings. The Morgan fingerprint density at radius 1 is 0.946 bits per heavy atom. The summed E-state index contributed by atoms with van der Waals surface area (Å²) in [5.41, 5.74) is 1.59. The van der Waals surface area contributed by atoms with E-state index in [-0.39, 0.29) is 30.8 Å². The number of sulfonamides is 1. The van der Waals surface area contributed by atoms with Crippen molar-refractivity contribution < 1.29 is 18.0 Å². The molecule has 2 amide bonds. The maximum Gasteiger partial charge on any atom is 0.265 e. The Bertz CT molecular complexity index is 1370. The van der Waals surface area contributed by atoms with Crippen LogP contribution < -0.4 is 9.62 Å². The lowest BCUT2D eigenvalue weighted by molar-refractivity contribution is -0.141. The van der Waals surface area contributed by atoms with Gasteiger partial charge in [-0.25, -0.2) is 8.42 Å². The molecular weight excluding hydrogens is 486 g/mol. The van der Waals surface area contributed by atoms with Crippen LogP contribution in [0.4, 0.5) is 5.69 Å². The minimum Gasteiger partial charge on any atom is -0.352 e. The summed E-state index contributed by atoms with van der Waals surface area (Å²) in [7, 11) is -3.67. The molecule has 0 bridgehead atoms. The number of rotatable bonds is 11. The molecule has 0 spiro atoms. The highest BCUT2D eigenvalue weighted by Gasteiger charge is 2.35. The van der Waals surface area contributed by atoms with Gasteiger partial charge >= 0.3 is 0 Å². The number of nitrogens with zero attached hydrogens (tertiary/aromatic N) is 2. The highest BCUT2D eigenvalue weighted by molar-refractivity contribution is 7.93. The monoisotopic (exact) mass is 521 g/mol. The van der Waals surface area contributed by atoms with Crippen molar-refractivity contribution >= 4 is 38.3 Å². The topological polar surface area (TPSA) is 86.8 Å². The van der Waals surface area contributed by atoms with E-state index in [1.54, 1.807) is 17.0 Å². The lowest BCUT2D eigenvalue weighted by atomic mass is 10.1. The summed E-state index contributed by atoms with van der Waals surface area (Å²) in [5, 5.41) is 4.62. The van der Waals surface area contributed by atoms with E-state index in [4.69, 9.17) is 0 Å². The molecule has 0 saturated carbocycles. The molecule has 0 unspecified atom stereocenters. The quantitative estimate of drug-likeness (QED) is 0.391. The van der Waals surface area contributed by atoms with Crippen molar-refractivity contribution in [1.29, 1.82) is 0 Å². The summed E-state index contributed by atoms with van der Waals surface area (Å²) >= 11 is 0. The van der Waals surface area contributed by atoms with Gasteiger partial charge in [0.2, 0.25) is 11.8 Å². The summed E-state index contributed by atoms with van der Waals surface area (Å²) in [6.45, 7) is 6.36. The molecule has 1 heterocycles. The van der Waals surface area contributed by atoms with Crippen molar-refractivity contribution in [3.05, 3.63) is 72.3 Å². The standard InChI is InChI=1S/C29H35N3O4S/c1-4-21(3)30-29(34)24(5-2)31(20-22-12-7-6-8-13-22)27(33)18-11-19-32-25-16-9-14-23-15-10-17-26(28(23)25)37(32,35)36/h6-10,12-17,21,24H,4-5,11,18-20H2,1-3H3,(H,30,34)/t21-,24-/m0/s1. The zero-order valence-electron chi connectivity index (χ0n) is 21.7. The average Bonchev–Trinajstić information content (AvgIpc) is 3.12. The van der Waals surface area contributed by atoms with E-state index < -0.39 is 16.1 Å². The van der Waals surface area contributed by atoms with Gasteiger partial charge in [0.25, 0.3) is 10.0 Å². The van der Waals surface area contributed by atoms with Crippen LogP contribution in [0.1, 0.15) is 52.0 Å². The first-order valence-electron chi connectivity index (χ1n) is 13.0. The molecule has 0 aromatic heterocycles. The van der Waals surface area contributed by atoms with Gasteiger partial charge in [0.05, 0.1) is 10.6 Å². The van der Waals surface area contributed by atoms with Crippen LogP contribution in [-0.2, 0) is 26.2 Å². The first-order chi connectivity index (χ1) is 17.8. The summed E-state index contributed by atoms with van der Waals surface area (Å²) in [5.74, 6) is -0.326. The summed E-state index contributed by atoms with van der Waals surface area (Å²) in [6.07, 6.45) is 1.77.